The Morgan fingerprint density at radius 3 is 2.67 bits per heavy atom. The van der Waals surface area contributed by atoms with Crippen molar-refractivity contribution in [3.8, 4) is 0 Å². The maximum absolute atomic E-state index is 10.8. The van der Waals surface area contributed by atoms with E-state index < -0.39 is 0 Å². The van der Waals surface area contributed by atoms with Crippen molar-refractivity contribution in [1.82, 2.24) is 0 Å². The summed E-state index contributed by atoms with van der Waals surface area (Å²) in [5, 5.41) is 0. The van der Waals surface area contributed by atoms with E-state index in [-0.39, 0.29) is 13.2 Å². The van der Waals surface area contributed by atoms with E-state index in [4.69, 9.17) is 0 Å². The molecule has 0 bridgehead atoms. The number of carbonyl (C=O) groups is 1. The molecule has 0 unspecified atom stereocenters. The summed E-state index contributed by atoms with van der Waals surface area (Å²) < 4.78 is 0. The van der Waals surface area contributed by atoms with Crippen LogP contribution >= 0.6 is 0 Å². The normalized spacial score (nSPS) is 17.3. The van der Waals surface area contributed by atoms with Crippen molar-refractivity contribution < 1.29 is 4.79 Å². The van der Waals surface area contributed by atoms with E-state index in [1.807, 2.05) is 13.8 Å². The number of nitrogens with zero attached hydrogens (tertiary/aromatic N) is 1. The summed E-state index contributed by atoms with van der Waals surface area (Å²) in [6.07, 6.45) is 5.33. The van der Waals surface area contributed by atoms with Crippen molar-refractivity contribution in [1.29, 1.82) is 0 Å². The molecule has 0 spiro atoms. The van der Waals surface area contributed by atoms with E-state index >= 15 is 0 Å². The molecule has 0 fully saturated rings. The van der Waals surface area contributed by atoms with Gasteiger partial charge in [-0.05, 0) is 37.0 Å². The summed E-state index contributed by atoms with van der Waals surface area (Å²) >= 11 is 0. The molecule has 86 valence electrons. The Kier molecular flexibility index (Phi) is 10.2. The molecule has 0 saturated carbocycles. The van der Waals surface area contributed by atoms with Gasteiger partial charge in [0.1, 0.15) is 0 Å². The second-order valence-electron chi connectivity index (χ2n) is 2.94. The van der Waals surface area contributed by atoms with Gasteiger partial charge in [0.15, 0.2) is 5.78 Å². The van der Waals surface area contributed by atoms with Crippen LogP contribution in [0.5, 0.6) is 0 Å². The highest BCUT2D eigenvalue weighted by Gasteiger charge is 2.04. The fourth-order valence-electron chi connectivity index (χ4n) is 1.19. The third-order valence-corrected chi connectivity index (χ3v) is 1.77. The molecule has 0 N–H and O–H groups in total. The first-order valence-electron chi connectivity index (χ1n) is 5.10. The van der Waals surface area contributed by atoms with Gasteiger partial charge in [-0.25, -0.2) is 0 Å². The van der Waals surface area contributed by atoms with Crippen LogP contribution in [0.25, 0.3) is 0 Å². The molecule has 15 heavy (non-hydrogen) atoms. The quantitative estimate of drug-likeness (QED) is 0.607. The zero-order chi connectivity index (χ0) is 11.0. The molecule has 0 saturated heterocycles. The first-order chi connectivity index (χ1) is 6.70. The van der Waals surface area contributed by atoms with Crippen LogP contribution in [0.1, 0.15) is 41.0 Å². The van der Waals surface area contributed by atoms with Gasteiger partial charge in [-0.2, -0.15) is 0 Å². The molecule has 0 aromatic rings. The van der Waals surface area contributed by atoms with Gasteiger partial charge < -0.3 is 0 Å². The first-order valence-corrected chi connectivity index (χ1v) is 5.10. The predicted octanol–water partition coefficient (Wildman–Crippen LogP) is 3.58. The van der Waals surface area contributed by atoms with E-state index in [9.17, 15) is 4.79 Å². The predicted molar refractivity (Wildman–Crippen MR) is 68.6 cm³/mol. The van der Waals surface area contributed by atoms with Crippen LogP contribution in [-0.4, -0.2) is 18.5 Å². The van der Waals surface area contributed by atoms with E-state index in [0.717, 1.165) is 30.5 Å². The van der Waals surface area contributed by atoms with E-state index in [1.165, 1.54) is 0 Å². The van der Waals surface area contributed by atoms with Gasteiger partial charge in [0, 0.05) is 12.8 Å². The van der Waals surface area contributed by atoms with Crippen LogP contribution in [0.3, 0.4) is 0 Å². The van der Waals surface area contributed by atoms with Crippen LogP contribution in [0, 0.1) is 0 Å². The number of rotatable bonds is 1. The second-order valence-corrected chi connectivity index (χ2v) is 2.94. The van der Waals surface area contributed by atoms with Crippen molar-refractivity contribution in [2.24, 2.45) is 4.99 Å². The molecule has 0 radical (unpaired) electrons. The average molecular weight is 209 g/mol. The minimum atomic E-state index is 0. The minimum Gasteiger partial charge on any atom is -0.295 e. The summed E-state index contributed by atoms with van der Waals surface area (Å²) in [5.41, 5.74) is 1.91. The fraction of sp³-hybridized carbons (Fsp3) is 0.538. The lowest BCUT2D eigenvalue weighted by Crippen LogP contribution is -1.92. The van der Waals surface area contributed by atoms with Crippen LogP contribution in [0.4, 0.5) is 0 Å². The maximum atomic E-state index is 10.8. The number of hydrogen-bond donors (Lipinski definition) is 0. The highest BCUT2D eigenvalue weighted by Crippen LogP contribution is 2.15. The molecule has 0 atom stereocenters. The molecule has 1 aliphatic heterocycles. The molecule has 0 amide bonds. The summed E-state index contributed by atoms with van der Waals surface area (Å²) in [6, 6.07) is 0. The Morgan fingerprint density at radius 1 is 1.53 bits per heavy atom. The summed E-state index contributed by atoms with van der Waals surface area (Å²) in [5.74, 6) is 0.0847. The lowest BCUT2D eigenvalue weighted by atomic mass is 10.0. The standard InChI is InChI=1S/C10H13NO.C2H6.CH4/c1-8-7-11-5-3-4-10(8)6-9(2)12;1-2;/h6-7H,1,3-5H2,2H3;1-2H3;1H4/b10-6-;;. The van der Waals surface area contributed by atoms with Crippen molar-refractivity contribution in [2.45, 2.75) is 41.0 Å². The number of allylic oxidation sites excluding steroid dienone is 3. The van der Waals surface area contributed by atoms with Crippen molar-refractivity contribution in [3.63, 3.8) is 0 Å². The van der Waals surface area contributed by atoms with Crippen LogP contribution in [0.2, 0.25) is 0 Å². The Balaban J connectivity index is 0. The zero-order valence-corrected chi connectivity index (χ0v) is 9.34. The first kappa shape index (κ1) is 16.3. The molecule has 0 aromatic heterocycles. The molecule has 1 rings (SSSR count). The number of ketones is 1. The van der Waals surface area contributed by atoms with Gasteiger partial charge in [0.05, 0.1) is 0 Å². The van der Waals surface area contributed by atoms with Crippen LogP contribution in [0.15, 0.2) is 28.8 Å². The Morgan fingerprint density at radius 2 is 2.13 bits per heavy atom. The topological polar surface area (TPSA) is 29.4 Å². The average Bonchev–Trinajstić information content (AvgIpc) is 2.35. The van der Waals surface area contributed by atoms with Gasteiger partial charge in [-0.3, -0.25) is 9.79 Å². The fourth-order valence-corrected chi connectivity index (χ4v) is 1.19. The Labute approximate surface area is 93.8 Å². The van der Waals surface area contributed by atoms with E-state index in [2.05, 4.69) is 11.6 Å². The monoisotopic (exact) mass is 209 g/mol. The van der Waals surface area contributed by atoms with Crippen molar-refractivity contribution in [3.05, 3.63) is 23.8 Å². The molecule has 0 aliphatic carbocycles. The van der Waals surface area contributed by atoms with Gasteiger partial charge in [0.2, 0.25) is 0 Å². The van der Waals surface area contributed by atoms with Crippen LogP contribution in [-0.2, 0) is 4.79 Å². The molecular formula is C13H23NO. The van der Waals surface area contributed by atoms with Gasteiger partial charge in [0.25, 0.3) is 0 Å². The van der Waals surface area contributed by atoms with E-state index in [1.54, 1.807) is 19.2 Å². The number of hydrogen-bond acceptors (Lipinski definition) is 2. The third kappa shape index (κ3) is 6.83. The lowest BCUT2D eigenvalue weighted by molar-refractivity contribution is -0.112. The smallest absolute Gasteiger partial charge is 0.152 e. The zero-order valence-electron chi connectivity index (χ0n) is 9.34. The highest BCUT2D eigenvalue weighted by molar-refractivity contribution is 5.93. The summed E-state index contributed by atoms with van der Waals surface area (Å²) in [7, 11) is 0. The van der Waals surface area contributed by atoms with Crippen molar-refractivity contribution in [2.75, 3.05) is 6.54 Å². The summed E-state index contributed by atoms with van der Waals surface area (Å²) in [4.78, 5) is 14.9. The SMILES string of the molecule is C.C=C1C=NCCC/C1=C/C(C)=O.CC. The van der Waals surface area contributed by atoms with Gasteiger partial charge in [-0.1, -0.05) is 27.9 Å². The van der Waals surface area contributed by atoms with E-state index in [0.29, 0.717) is 0 Å². The Bertz CT molecular complexity index is 262. The molecule has 0 aromatic carbocycles. The van der Waals surface area contributed by atoms with Gasteiger partial charge in [-0.15, -0.1) is 0 Å². The molecular weight excluding hydrogens is 186 g/mol. The van der Waals surface area contributed by atoms with Crippen LogP contribution < -0.4 is 0 Å². The van der Waals surface area contributed by atoms with Gasteiger partial charge >= 0.3 is 0 Å². The minimum absolute atomic E-state index is 0. The molecule has 1 heterocycles. The van der Waals surface area contributed by atoms with Crippen molar-refractivity contribution >= 4 is 12.0 Å². The highest BCUT2D eigenvalue weighted by atomic mass is 16.1. The molecule has 2 heteroatoms. The molecule has 2 nitrogen and oxygen atoms in total. The maximum Gasteiger partial charge on any atom is 0.152 e. The Hall–Kier alpha value is -1.18. The lowest BCUT2D eigenvalue weighted by Gasteiger charge is -2.00. The largest absolute Gasteiger partial charge is 0.295 e. The number of carbonyl (C=O) groups excluding carboxylic acids is 1. The second kappa shape index (κ2) is 9.38. The number of aliphatic imine (C=N–C) groups is 1. The summed E-state index contributed by atoms with van der Waals surface area (Å²) in [6.45, 7) is 10.2. The molecule has 1 aliphatic rings. The third-order valence-electron chi connectivity index (χ3n) is 1.77.